The van der Waals surface area contributed by atoms with Gasteiger partial charge in [-0.2, -0.15) is 0 Å². The van der Waals surface area contributed by atoms with Gasteiger partial charge >= 0.3 is 0 Å². The molecule has 4 rings (SSSR count). The molecule has 7 heteroatoms. The number of hydrogen-bond donors (Lipinski definition) is 2. The largest absolute Gasteiger partial charge is 0.497 e. The fourth-order valence-electron chi connectivity index (χ4n) is 4.15. The van der Waals surface area contributed by atoms with Crippen LogP contribution >= 0.6 is 0 Å². The molecule has 0 aromatic heterocycles. The Hall–Kier alpha value is -2.90. The molecular formula is C25H32N4O3. The van der Waals surface area contributed by atoms with E-state index < -0.39 is 6.04 Å². The molecule has 1 saturated heterocycles. The quantitative estimate of drug-likeness (QED) is 0.666. The highest BCUT2D eigenvalue weighted by molar-refractivity contribution is 5.95. The molecule has 2 aromatic rings. The first-order valence-electron chi connectivity index (χ1n) is 11.3. The van der Waals surface area contributed by atoms with Crippen LogP contribution in [0.5, 0.6) is 5.75 Å². The lowest BCUT2D eigenvalue weighted by atomic mass is 10.0. The summed E-state index contributed by atoms with van der Waals surface area (Å²) in [7, 11) is 1.62. The summed E-state index contributed by atoms with van der Waals surface area (Å²) in [5.41, 5.74) is 1.70. The summed E-state index contributed by atoms with van der Waals surface area (Å²) < 4.78 is 5.20. The molecule has 0 bridgehead atoms. The molecule has 1 saturated carbocycles. The maximum atomic E-state index is 13.4. The monoisotopic (exact) mass is 436 g/mol. The van der Waals surface area contributed by atoms with E-state index in [2.05, 4.69) is 20.4 Å². The van der Waals surface area contributed by atoms with Crippen LogP contribution < -0.4 is 15.4 Å². The number of carbonyl (C=O) groups is 2. The molecule has 0 radical (unpaired) electrons. The standard InChI is InChI=1S/C25H32N4O3/c1-18(24(30)26-20-8-9-20)28-14-16-29(17-15-28)23(19-6-4-3-5-7-19)25(31)27-21-10-12-22(32-2)13-11-21/h3-7,10-13,18,20,23H,8-9,14-17H2,1-2H3,(H,26,30)(H,27,31)/t18-,23+/m0/s1. The van der Waals surface area contributed by atoms with Gasteiger partial charge in [-0.25, -0.2) is 0 Å². The van der Waals surface area contributed by atoms with Crippen molar-refractivity contribution in [1.82, 2.24) is 15.1 Å². The summed E-state index contributed by atoms with van der Waals surface area (Å²) in [4.78, 5) is 30.2. The summed E-state index contributed by atoms with van der Waals surface area (Å²) in [6, 6.07) is 17.1. The van der Waals surface area contributed by atoms with Gasteiger partial charge in [0.15, 0.2) is 0 Å². The Kier molecular flexibility index (Phi) is 7.07. The van der Waals surface area contributed by atoms with Crippen LogP contribution in [0.2, 0.25) is 0 Å². The summed E-state index contributed by atoms with van der Waals surface area (Å²) >= 11 is 0. The SMILES string of the molecule is COc1ccc(NC(=O)[C@@H](c2ccccc2)N2CCN([C@@H](C)C(=O)NC3CC3)CC2)cc1. The first-order valence-corrected chi connectivity index (χ1v) is 11.3. The number of carbonyl (C=O) groups excluding carboxylic acids is 2. The molecule has 2 amide bonds. The predicted molar refractivity (Wildman–Crippen MR) is 125 cm³/mol. The normalized spacial score (nSPS) is 19.1. The first-order chi connectivity index (χ1) is 15.5. The van der Waals surface area contributed by atoms with Crippen LogP contribution in [0.25, 0.3) is 0 Å². The zero-order chi connectivity index (χ0) is 22.5. The van der Waals surface area contributed by atoms with E-state index in [9.17, 15) is 9.59 Å². The highest BCUT2D eigenvalue weighted by atomic mass is 16.5. The number of methoxy groups -OCH3 is 1. The van der Waals surface area contributed by atoms with Gasteiger partial charge in [0.2, 0.25) is 11.8 Å². The molecule has 1 heterocycles. The average Bonchev–Trinajstić information content (AvgIpc) is 3.64. The second kappa shape index (κ2) is 10.1. The fourth-order valence-corrected chi connectivity index (χ4v) is 4.15. The molecule has 2 aromatic carbocycles. The predicted octanol–water partition coefficient (Wildman–Crippen LogP) is 2.66. The molecular weight excluding hydrogens is 404 g/mol. The third-order valence-corrected chi connectivity index (χ3v) is 6.29. The molecule has 2 aliphatic rings. The number of ether oxygens (including phenoxy) is 1. The van der Waals surface area contributed by atoms with Crippen molar-refractivity contribution in [3.8, 4) is 5.75 Å². The number of nitrogens with one attached hydrogen (secondary N) is 2. The van der Waals surface area contributed by atoms with Gasteiger partial charge in [-0.05, 0) is 49.6 Å². The van der Waals surface area contributed by atoms with Gasteiger partial charge in [0.1, 0.15) is 11.8 Å². The maximum Gasteiger partial charge on any atom is 0.246 e. The van der Waals surface area contributed by atoms with Gasteiger partial charge in [-0.3, -0.25) is 19.4 Å². The molecule has 2 atom stereocenters. The van der Waals surface area contributed by atoms with Crippen molar-refractivity contribution in [3.05, 3.63) is 60.2 Å². The van der Waals surface area contributed by atoms with Crippen LogP contribution in [-0.4, -0.2) is 67.0 Å². The second-order valence-electron chi connectivity index (χ2n) is 8.56. The summed E-state index contributed by atoms with van der Waals surface area (Å²) in [5.74, 6) is 0.797. The van der Waals surface area contributed by atoms with Crippen molar-refractivity contribution < 1.29 is 14.3 Å². The molecule has 32 heavy (non-hydrogen) atoms. The van der Waals surface area contributed by atoms with Gasteiger partial charge in [0.05, 0.1) is 13.2 Å². The first kappa shape index (κ1) is 22.3. The van der Waals surface area contributed by atoms with E-state index in [1.807, 2.05) is 61.5 Å². The molecule has 170 valence electrons. The van der Waals surface area contributed by atoms with E-state index in [0.29, 0.717) is 6.04 Å². The average molecular weight is 437 g/mol. The van der Waals surface area contributed by atoms with Gasteiger partial charge in [0.25, 0.3) is 0 Å². The molecule has 2 fully saturated rings. The Labute approximate surface area is 189 Å². The number of piperazine rings is 1. The third kappa shape index (κ3) is 5.47. The lowest BCUT2D eigenvalue weighted by molar-refractivity contribution is -0.128. The maximum absolute atomic E-state index is 13.4. The molecule has 7 nitrogen and oxygen atoms in total. The van der Waals surface area contributed by atoms with Crippen molar-refractivity contribution in [1.29, 1.82) is 0 Å². The van der Waals surface area contributed by atoms with Crippen LogP contribution in [0.4, 0.5) is 5.69 Å². The third-order valence-electron chi connectivity index (χ3n) is 6.29. The summed E-state index contributed by atoms with van der Waals surface area (Å²) in [5, 5.41) is 6.15. The van der Waals surface area contributed by atoms with E-state index in [1.165, 1.54) is 0 Å². The van der Waals surface area contributed by atoms with E-state index in [-0.39, 0.29) is 17.9 Å². The van der Waals surface area contributed by atoms with Crippen molar-refractivity contribution >= 4 is 17.5 Å². The van der Waals surface area contributed by atoms with Crippen molar-refractivity contribution in [2.24, 2.45) is 0 Å². The molecule has 1 aliphatic carbocycles. The van der Waals surface area contributed by atoms with E-state index >= 15 is 0 Å². The van der Waals surface area contributed by atoms with E-state index in [1.54, 1.807) is 7.11 Å². The van der Waals surface area contributed by atoms with Crippen LogP contribution in [0.3, 0.4) is 0 Å². The lowest BCUT2D eigenvalue weighted by Crippen LogP contribution is -2.55. The zero-order valence-electron chi connectivity index (χ0n) is 18.8. The van der Waals surface area contributed by atoms with Crippen molar-refractivity contribution in [3.63, 3.8) is 0 Å². The van der Waals surface area contributed by atoms with Crippen LogP contribution in [0.15, 0.2) is 54.6 Å². The van der Waals surface area contributed by atoms with Gasteiger partial charge in [0, 0.05) is 37.9 Å². The number of nitrogens with zero attached hydrogens (tertiary/aromatic N) is 2. The highest BCUT2D eigenvalue weighted by Gasteiger charge is 2.34. The topological polar surface area (TPSA) is 73.9 Å². The van der Waals surface area contributed by atoms with E-state index in [0.717, 1.165) is 56.0 Å². The smallest absolute Gasteiger partial charge is 0.246 e. The second-order valence-corrected chi connectivity index (χ2v) is 8.56. The van der Waals surface area contributed by atoms with Crippen molar-refractivity contribution in [2.45, 2.75) is 37.9 Å². The van der Waals surface area contributed by atoms with Gasteiger partial charge < -0.3 is 15.4 Å². The zero-order valence-corrected chi connectivity index (χ0v) is 18.8. The van der Waals surface area contributed by atoms with Crippen molar-refractivity contribution in [2.75, 3.05) is 38.6 Å². The number of rotatable bonds is 8. The minimum absolute atomic E-state index is 0.0608. The Bertz CT molecular complexity index is 907. The van der Waals surface area contributed by atoms with Gasteiger partial charge in [-0.1, -0.05) is 30.3 Å². The van der Waals surface area contributed by atoms with Crippen LogP contribution in [-0.2, 0) is 9.59 Å². The van der Waals surface area contributed by atoms with Crippen LogP contribution in [0.1, 0.15) is 31.4 Å². The minimum Gasteiger partial charge on any atom is -0.497 e. The Morgan fingerprint density at radius 3 is 2.12 bits per heavy atom. The number of benzene rings is 2. The van der Waals surface area contributed by atoms with Crippen LogP contribution in [0, 0.1) is 0 Å². The highest BCUT2D eigenvalue weighted by Crippen LogP contribution is 2.26. The number of hydrogen-bond acceptors (Lipinski definition) is 5. The minimum atomic E-state index is -0.393. The van der Waals surface area contributed by atoms with E-state index in [4.69, 9.17) is 4.74 Å². The lowest BCUT2D eigenvalue weighted by Gasteiger charge is -2.40. The summed E-state index contributed by atoms with van der Waals surface area (Å²) in [6.45, 7) is 4.91. The molecule has 0 unspecified atom stereocenters. The van der Waals surface area contributed by atoms with Gasteiger partial charge in [-0.15, -0.1) is 0 Å². The molecule has 1 aliphatic heterocycles. The molecule has 0 spiro atoms. The Balaban J connectivity index is 1.42. The fraction of sp³-hybridized carbons (Fsp3) is 0.440. The molecule has 2 N–H and O–H groups in total. The Morgan fingerprint density at radius 1 is 0.906 bits per heavy atom. The number of amides is 2. The number of anilines is 1. The Morgan fingerprint density at radius 2 is 1.53 bits per heavy atom. The summed E-state index contributed by atoms with van der Waals surface area (Å²) in [6.07, 6.45) is 2.18.